The maximum absolute atomic E-state index is 13.5. The second kappa shape index (κ2) is 4.39. The van der Waals surface area contributed by atoms with E-state index in [2.05, 4.69) is 17.1 Å². The number of piperazine rings is 1. The number of hydrogen-bond donors (Lipinski definition) is 1. The van der Waals surface area contributed by atoms with Crippen LogP contribution in [0.5, 0.6) is 0 Å². The molecule has 1 saturated carbocycles. The van der Waals surface area contributed by atoms with Crippen molar-refractivity contribution in [2.45, 2.75) is 25.3 Å². The molecule has 0 spiro atoms. The van der Waals surface area contributed by atoms with Crippen molar-refractivity contribution in [1.29, 1.82) is 0 Å². The number of anilines is 1. The number of benzene rings is 1. The third kappa shape index (κ3) is 2.21. The number of hydrogen-bond acceptors (Lipinski definition) is 2. The van der Waals surface area contributed by atoms with Crippen LogP contribution in [-0.4, -0.2) is 25.2 Å². The van der Waals surface area contributed by atoms with Gasteiger partial charge in [0.25, 0.3) is 0 Å². The van der Waals surface area contributed by atoms with E-state index < -0.39 is 0 Å². The van der Waals surface area contributed by atoms with Gasteiger partial charge in [-0.3, -0.25) is 0 Å². The Morgan fingerprint density at radius 2 is 2.22 bits per heavy atom. The first kappa shape index (κ1) is 12.2. The number of rotatable bonds is 2. The molecular weight excluding hydrogens is 251 g/mol. The third-order valence-electron chi connectivity index (χ3n) is 4.18. The van der Waals surface area contributed by atoms with Crippen LogP contribution in [0.25, 0.3) is 0 Å². The number of halogens is 2. The standard InChI is InChI=1S/C14H18ClFN2/c1-14(10-2-3-10)9-18(7-6-17-14)11-4-5-12(15)13(16)8-11/h4-5,8,10,17H,2-3,6-7,9H2,1H3. The molecule has 1 heterocycles. The molecule has 0 amide bonds. The van der Waals surface area contributed by atoms with Crippen molar-refractivity contribution in [3.63, 3.8) is 0 Å². The average molecular weight is 269 g/mol. The first-order chi connectivity index (χ1) is 8.58. The maximum Gasteiger partial charge on any atom is 0.143 e. The van der Waals surface area contributed by atoms with Gasteiger partial charge in [0, 0.05) is 30.9 Å². The Labute approximate surface area is 112 Å². The van der Waals surface area contributed by atoms with E-state index in [1.54, 1.807) is 12.1 Å². The van der Waals surface area contributed by atoms with E-state index in [9.17, 15) is 4.39 Å². The van der Waals surface area contributed by atoms with Crippen LogP contribution in [0.4, 0.5) is 10.1 Å². The van der Waals surface area contributed by atoms with Gasteiger partial charge >= 0.3 is 0 Å². The van der Waals surface area contributed by atoms with Crippen LogP contribution in [0.1, 0.15) is 19.8 Å². The van der Waals surface area contributed by atoms with Crippen molar-refractivity contribution in [3.05, 3.63) is 29.0 Å². The van der Waals surface area contributed by atoms with E-state index in [0.29, 0.717) is 0 Å². The molecule has 2 fully saturated rings. The van der Waals surface area contributed by atoms with Gasteiger partial charge in [-0.25, -0.2) is 4.39 Å². The lowest BCUT2D eigenvalue weighted by Gasteiger charge is -2.43. The summed E-state index contributed by atoms with van der Waals surface area (Å²) in [5.41, 5.74) is 1.11. The van der Waals surface area contributed by atoms with Gasteiger partial charge in [-0.2, -0.15) is 0 Å². The highest BCUT2D eigenvalue weighted by molar-refractivity contribution is 6.30. The van der Waals surface area contributed by atoms with Gasteiger partial charge in [0.2, 0.25) is 0 Å². The molecule has 1 atom stereocenters. The Kier molecular flexibility index (Phi) is 2.99. The summed E-state index contributed by atoms with van der Waals surface area (Å²) in [6.45, 7) is 5.10. The second-order valence-electron chi connectivity index (χ2n) is 5.64. The molecule has 1 aromatic carbocycles. The van der Waals surface area contributed by atoms with Crippen molar-refractivity contribution >= 4 is 17.3 Å². The summed E-state index contributed by atoms with van der Waals surface area (Å²) in [6.07, 6.45) is 2.62. The molecule has 1 unspecified atom stereocenters. The van der Waals surface area contributed by atoms with Crippen molar-refractivity contribution in [1.82, 2.24) is 5.32 Å². The largest absolute Gasteiger partial charge is 0.368 e. The minimum Gasteiger partial charge on any atom is -0.368 e. The van der Waals surface area contributed by atoms with Crippen LogP contribution < -0.4 is 10.2 Å². The quantitative estimate of drug-likeness (QED) is 0.887. The number of nitrogens with one attached hydrogen (secondary N) is 1. The molecule has 3 rings (SSSR count). The predicted molar refractivity (Wildman–Crippen MR) is 72.8 cm³/mol. The lowest BCUT2D eigenvalue weighted by molar-refractivity contribution is 0.285. The molecular formula is C14H18ClFN2. The highest BCUT2D eigenvalue weighted by Crippen LogP contribution is 2.41. The Balaban J connectivity index is 1.81. The van der Waals surface area contributed by atoms with Crippen molar-refractivity contribution < 1.29 is 4.39 Å². The highest BCUT2D eigenvalue weighted by atomic mass is 35.5. The fourth-order valence-electron chi connectivity index (χ4n) is 2.90. The highest BCUT2D eigenvalue weighted by Gasteiger charge is 2.43. The lowest BCUT2D eigenvalue weighted by atomic mass is 9.92. The summed E-state index contributed by atoms with van der Waals surface area (Å²) in [5.74, 6) is 0.443. The van der Waals surface area contributed by atoms with E-state index in [0.717, 1.165) is 31.2 Å². The average Bonchev–Trinajstić information content (AvgIpc) is 3.17. The lowest BCUT2D eigenvalue weighted by Crippen LogP contribution is -2.60. The van der Waals surface area contributed by atoms with Crippen LogP contribution >= 0.6 is 11.6 Å². The van der Waals surface area contributed by atoms with E-state index in [-0.39, 0.29) is 16.4 Å². The van der Waals surface area contributed by atoms with Gasteiger partial charge in [-0.15, -0.1) is 0 Å². The zero-order valence-corrected chi connectivity index (χ0v) is 11.3. The molecule has 1 saturated heterocycles. The second-order valence-corrected chi connectivity index (χ2v) is 6.05. The molecule has 18 heavy (non-hydrogen) atoms. The van der Waals surface area contributed by atoms with Gasteiger partial charge in [0.05, 0.1) is 5.02 Å². The summed E-state index contributed by atoms with van der Waals surface area (Å²) in [4.78, 5) is 2.26. The first-order valence-electron chi connectivity index (χ1n) is 6.53. The predicted octanol–water partition coefficient (Wildman–Crippen LogP) is 3.06. The van der Waals surface area contributed by atoms with Gasteiger partial charge in [-0.1, -0.05) is 11.6 Å². The van der Waals surface area contributed by atoms with Crippen LogP contribution in [0.2, 0.25) is 5.02 Å². The molecule has 0 bridgehead atoms. The molecule has 0 aromatic heterocycles. The molecule has 1 aliphatic heterocycles. The summed E-state index contributed by atoms with van der Waals surface area (Å²) in [7, 11) is 0. The Bertz CT molecular complexity index is 461. The molecule has 2 nitrogen and oxygen atoms in total. The fourth-order valence-corrected chi connectivity index (χ4v) is 3.02. The van der Waals surface area contributed by atoms with Gasteiger partial charge in [0.15, 0.2) is 0 Å². The minimum atomic E-state index is -0.333. The van der Waals surface area contributed by atoms with Crippen LogP contribution in [0.3, 0.4) is 0 Å². The Morgan fingerprint density at radius 3 is 2.89 bits per heavy atom. The van der Waals surface area contributed by atoms with Crippen LogP contribution in [-0.2, 0) is 0 Å². The molecule has 98 valence electrons. The van der Waals surface area contributed by atoms with Crippen molar-refractivity contribution in [2.75, 3.05) is 24.5 Å². The smallest absolute Gasteiger partial charge is 0.143 e. The van der Waals surface area contributed by atoms with Crippen molar-refractivity contribution in [3.8, 4) is 0 Å². The minimum absolute atomic E-state index is 0.175. The molecule has 4 heteroatoms. The van der Waals surface area contributed by atoms with Gasteiger partial charge in [-0.05, 0) is 43.9 Å². The van der Waals surface area contributed by atoms with Crippen molar-refractivity contribution in [2.24, 2.45) is 5.92 Å². The van der Waals surface area contributed by atoms with E-state index in [1.807, 2.05) is 6.07 Å². The zero-order valence-electron chi connectivity index (χ0n) is 10.5. The molecule has 1 N–H and O–H groups in total. The van der Waals surface area contributed by atoms with E-state index >= 15 is 0 Å². The van der Waals surface area contributed by atoms with Crippen LogP contribution in [0.15, 0.2) is 18.2 Å². The normalized spacial score (nSPS) is 28.5. The molecule has 1 aliphatic carbocycles. The van der Waals surface area contributed by atoms with Gasteiger partial charge < -0.3 is 10.2 Å². The summed E-state index contributed by atoms with van der Waals surface area (Å²) < 4.78 is 13.5. The third-order valence-corrected chi connectivity index (χ3v) is 4.48. The summed E-state index contributed by atoms with van der Waals surface area (Å²) in [5, 5.41) is 3.82. The van der Waals surface area contributed by atoms with Gasteiger partial charge in [0.1, 0.15) is 5.82 Å². The molecule has 0 radical (unpaired) electrons. The summed E-state index contributed by atoms with van der Waals surface area (Å²) in [6, 6.07) is 5.09. The van der Waals surface area contributed by atoms with E-state index in [4.69, 9.17) is 11.6 Å². The van der Waals surface area contributed by atoms with E-state index in [1.165, 1.54) is 12.8 Å². The topological polar surface area (TPSA) is 15.3 Å². The zero-order chi connectivity index (χ0) is 12.8. The summed E-state index contributed by atoms with van der Waals surface area (Å²) >= 11 is 5.73. The SMILES string of the molecule is CC1(C2CC2)CN(c2ccc(Cl)c(F)c2)CCN1. The Hall–Kier alpha value is -0.800. The fraction of sp³-hybridized carbons (Fsp3) is 0.571. The monoisotopic (exact) mass is 268 g/mol. The molecule has 2 aliphatic rings. The Morgan fingerprint density at radius 1 is 1.44 bits per heavy atom. The first-order valence-corrected chi connectivity index (χ1v) is 6.91. The maximum atomic E-state index is 13.5. The molecule has 1 aromatic rings. The van der Waals surface area contributed by atoms with Crippen LogP contribution in [0, 0.1) is 11.7 Å². The number of nitrogens with zero attached hydrogens (tertiary/aromatic N) is 1.